The summed E-state index contributed by atoms with van der Waals surface area (Å²) in [5, 5.41) is 10.2. The van der Waals surface area contributed by atoms with Crippen molar-refractivity contribution in [2.45, 2.75) is 13.3 Å². The Kier molecular flexibility index (Phi) is 3.51. The van der Waals surface area contributed by atoms with Gasteiger partial charge in [0.2, 0.25) is 5.88 Å². The molecule has 108 valence electrons. The zero-order chi connectivity index (χ0) is 15.0. The molecule has 4 nitrogen and oxygen atoms in total. The third-order valence-electron chi connectivity index (χ3n) is 3.65. The molecule has 0 atom stereocenters. The number of hydrogen-bond acceptors (Lipinski definition) is 4. The molecule has 3 rings (SSSR count). The highest BCUT2D eigenvalue weighted by Crippen LogP contribution is 2.37. The van der Waals surface area contributed by atoms with Crippen LogP contribution in [-0.2, 0) is 13.5 Å². The normalized spacial score (nSPS) is 16.0. The van der Waals surface area contributed by atoms with Gasteiger partial charge in [-0.3, -0.25) is 14.6 Å². The van der Waals surface area contributed by atoms with Gasteiger partial charge in [-0.15, -0.1) is 0 Å². The van der Waals surface area contributed by atoms with Crippen LogP contribution in [0.25, 0.3) is 11.6 Å². The Morgan fingerprint density at radius 1 is 1.43 bits per heavy atom. The van der Waals surface area contributed by atoms with Gasteiger partial charge in [0.05, 0.1) is 10.6 Å². The van der Waals surface area contributed by atoms with Gasteiger partial charge in [0.1, 0.15) is 0 Å². The molecule has 2 aromatic rings. The van der Waals surface area contributed by atoms with Crippen LogP contribution >= 0.6 is 11.3 Å². The summed E-state index contributed by atoms with van der Waals surface area (Å²) in [5.41, 5.74) is 4.45. The third-order valence-corrected chi connectivity index (χ3v) is 4.81. The molecule has 0 spiro atoms. The highest BCUT2D eigenvalue weighted by atomic mass is 32.1. The van der Waals surface area contributed by atoms with Gasteiger partial charge in [0.15, 0.2) is 4.80 Å². The molecule has 0 saturated carbocycles. The third kappa shape index (κ3) is 2.23. The lowest BCUT2D eigenvalue weighted by Gasteiger charge is -2.04. The Morgan fingerprint density at radius 3 is 2.90 bits per heavy atom. The van der Waals surface area contributed by atoms with Crippen molar-refractivity contribution in [1.82, 2.24) is 4.57 Å². The topological polar surface area (TPSA) is 49.9 Å². The monoisotopic (exact) mass is 299 g/mol. The summed E-state index contributed by atoms with van der Waals surface area (Å²) in [6, 6.07) is 6.24. The highest BCUT2D eigenvalue weighted by molar-refractivity contribution is 7.10. The van der Waals surface area contributed by atoms with Crippen LogP contribution in [0.4, 0.5) is 5.69 Å². The van der Waals surface area contributed by atoms with E-state index in [2.05, 4.69) is 35.1 Å². The Morgan fingerprint density at radius 2 is 2.24 bits per heavy atom. The fourth-order valence-corrected chi connectivity index (χ4v) is 3.41. The van der Waals surface area contributed by atoms with Crippen LogP contribution in [0.5, 0.6) is 5.88 Å². The van der Waals surface area contributed by atoms with E-state index >= 15 is 0 Å². The van der Waals surface area contributed by atoms with Crippen molar-refractivity contribution < 1.29 is 5.11 Å². The van der Waals surface area contributed by atoms with Crippen molar-refractivity contribution in [3.05, 3.63) is 39.0 Å². The zero-order valence-corrected chi connectivity index (χ0v) is 13.1. The summed E-state index contributed by atoms with van der Waals surface area (Å²) in [4.78, 5) is 10.3. The van der Waals surface area contributed by atoms with Gasteiger partial charge in [-0.25, -0.2) is 0 Å². The first-order valence-corrected chi connectivity index (χ1v) is 7.67. The largest absolute Gasteiger partial charge is 0.493 e. The number of aryl methyl sites for hydroxylation is 1. The molecular weight excluding hydrogens is 282 g/mol. The van der Waals surface area contributed by atoms with Gasteiger partial charge < -0.3 is 5.11 Å². The van der Waals surface area contributed by atoms with E-state index in [9.17, 15) is 5.11 Å². The van der Waals surface area contributed by atoms with Crippen molar-refractivity contribution in [3.8, 4) is 5.88 Å². The molecule has 21 heavy (non-hydrogen) atoms. The minimum absolute atomic E-state index is 0.238. The SMILES string of the molecule is CCc1cccc2c1N=C/C2=C/c1sc(=NC)n(C)c1O. The Labute approximate surface area is 127 Å². The minimum atomic E-state index is 0.238. The van der Waals surface area contributed by atoms with Crippen molar-refractivity contribution in [3.63, 3.8) is 0 Å². The standard InChI is InChI=1S/C16H17N3OS/c1-4-10-6-5-7-12-11(9-18-14(10)12)8-13-15(20)19(3)16(17-2)21-13/h5-9,20H,4H2,1-3H3/b11-8-,17-16?. The molecule has 1 aliphatic rings. The van der Waals surface area contributed by atoms with E-state index in [0.717, 1.165) is 32.9 Å². The predicted octanol–water partition coefficient (Wildman–Crippen LogP) is 3.14. The maximum atomic E-state index is 10.2. The molecule has 0 bridgehead atoms. The number of hydrogen-bond donors (Lipinski definition) is 1. The Balaban J connectivity index is 2.12. The molecule has 0 amide bonds. The average molecular weight is 299 g/mol. The van der Waals surface area contributed by atoms with Crippen molar-refractivity contribution in [1.29, 1.82) is 0 Å². The fourth-order valence-electron chi connectivity index (χ4n) is 2.48. The molecule has 1 aliphatic heterocycles. The minimum Gasteiger partial charge on any atom is -0.493 e. The van der Waals surface area contributed by atoms with E-state index in [1.807, 2.05) is 19.3 Å². The van der Waals surface area contributed by atoms with Crippen LogP contribution in [0.1, 0.15) is 22.9 Å². The summed E-state index contributed by atoms with van der Waals surface area (Å²) in [6.07, 6.45) is 4.81. The van der Waals surface area contributed by atoms with E-state index in [4.69, 9.17) is 0 Å². The maximum Gasteiger partial charge on any atom is 0.210 e. The fraction of sp³-hybridized carbons (Fsp3) is 0.250. The molecule has 1 N–H and O–H groups in total. The van der Waals surface area contributed by atoms with E-state index in [-0.39, 0.29) is 5.88 Å². The molecule has 0 fully saturated rings. The quantitative estimate of drug-likeness (QED) is 0.910. The average Bonchev–Trinajstić information content (AvgIpc) is 3.03. The molecule has 0 saturated heterocycles. The van der Waals surface area contributed by atoms with E-state index in [0.29, 0.717) is 0 Å². The summed E-state index contributed by atoms with van der Waals surface area (Å²) >= 11 is 1.47. The van der Waals surface area contributed by atoms with Gasteiger partial charge >= 0.3 is 0 Å². The number of rotatable bonds is 2. The number of thiazole rings is 1. The molecule has 1 aromatic carbocycles. The van der Waals surface area contributed by atoms with E-state index < -0.39 is 0 Å². The van der Waals surface area contributed by atoms with Crippen molar-refractivity contribution >= 4 is 34.9 Å². The summed E-state index contributed by atoms with van der Waals surface area (Å²) in [6.45, 7) is 2.13. The molecule has 2 heterocycles. The number of para-hydroxylation sites is 1. The van der Waals surface area contributed by atoms with Crippen LogP contribution < -0.4 is 4.80 Å². The van der Waals surface area contributed by atoms with E-state index in [1.54, 1.807) is 11.6 Å². The lowest BCUT2D eigenvalue weighted by atomic mass is 10.0. The molecule has 0 aliphatic carbocycles. The number of fused-ring (bicyclic) bond motifs is 1. The van der Waals surface area contributed by atoms with Crippen LogP contribution in [-0.4, -0.2) is 22.9 Å². The van der Waals surface area contributed by atoms with Gasteiger partial charge in [0, 0.05) is 31.4 Å². The maximum absolute atomic E-state index is 10.2. The smallest absolute Gasteiger partial charge is 0.210 e. The zero-order valence-electron chi connectivity index (χ0n) is 12.3. The Hall–Kier alpha value is -2.14. The van der Waals surface area contributed by atoms with Gasteiger partial charge in [-0.05, 0) is 18.1 Å². The summed E-state index contributed by atoms with van der Waals surface area (Å²) in [5.74, 6) is 0.238. The Bertz CT molecular complexity index is 825. The molecule has 1 aromatic heterocycles. The number of benzene rings is 1. The molecule has 5 heteroatoms. The number of nitrogens with zero attached hydrogens (tertiary/aromatic N) is 3. The van der Waals surface area contributed by atoms with Gasteiger partial charge in [-0.1, -0.05) is 36.5 Å². The second-order valence-electron chi connectivity index (χ2n) is 4.88. The van der Waals surface area contributed by atoms with Crippen LogP contribution in [0.2, 0.25) is 0 Å². The van der Waals surface area contributed by atoms with Crippen LogP contribution in [0.15, 0.2) is 28.2 Å². The number of aromatic hydroxyl groups is 1. The van der Waals surface area contributed by atoms with E-state index in [1.165, 1.54) is 16.9 Å². The first-order chi connectivity index (χ1) is 10.2. The number of allylic oxidation sites excluding steroid dienone is 1. The van der Waals surface area contributed by atoms with Crippen LogP contribution in [0, 0.1) is 0 Å². The molecule has 0 radical (unpaired) electrons. The first kappa shape index (κ1) is 13.8. The predicted molar refractivity (Wildman–Crippen MR) is 88.3 cm³/mol. The van der Waals surface area contributed by atoms with Gasteiger partial charge in [-0.2, -0.15) is 0 Å². The lowest BCUT2D eigenvalue weighted by Crippen LogP contribution is -2.08. The van der Waals surface area contributed by atoms with Crippen molar-refractivity contribution in [2.75, 3.05) is 7.05 Å². The molecule has 0 unspecified atom stereocenters. The number of aromatic nitrogens is 1. The second kappa shape index (κ2) is 5.33. The van der Waals surface area contributed by atoms with Crippen LogP contribution in [0.3, 0.4) is 0 Å². The van der Waals surface area contributed by atoms with Gasteiger partial charge in [0.25, 0.3) is 0 Å². The summed E-state index contributed by atoms with van der Waals surface area (Å²) < 4.78 is 1.69. The number of aliphatic imine (C=N–C) groups is 1. The highest BCUT2D eigenvalue weighted by Gasteiger charge is 2.16. The molecular formula is C16H17N3OS. The first-order valence-electron chi connectivity index (χ1n) is 6.85. The second-order valence-corrected chi connectivity index (χ2v) is 5.89. The van der Waals surface area contributed by atoms with Crippen molar-refractivity contribution in [2.24, 2.45) is 17.0 Å². The summed E-state index contributed by atoms with van der Waals surface area (Å²) in [7, 11) is 3.53. The lowest BCUT2D eigenvalue weighted by molar-refractivity contribution is 0.427.